The number of anilines is 1. The zero-order valence-electron chi connectivity index (χ0n) is 24.5. The molecule has 4 rings (SSSR count). The highest BCUT2D eigenvalue weighted by Gasteiger charge is 2.34. The van der Waals surface area contributed by atoms with Crippen molar-refractivity contribution in [2.75, 3.05) is 17.4 Å². The van der Waals surface area contributed by atoms with Gasteiger partial charge < -0.3 is 10.2 Å². The number of benzene rings is 4. The molecule has 0 radical (unpaired) electrons. The number of rotatable bonds is 12. The standard InChI is InChI=1S/C34H36ClN3O4S/c1-4-36-34(40)32(22-27-8-6-5-7-9-27)37(23-28-14-10-25(2)11-15-28)33(39)24-38(30-18-16-29(35)17-19-30)43(41,42)31-20-12-26(3)13-21-31/h5-21,32H,4,22-24H2,1-3H3,(H,36,40). The molecule has 2 amide bonds. The summed E-state index contributed by atoms with van der Waals surface area (Å²) >= 11 is 6.12. The van der Waals surface area contributed by atoms with Gasteiger partial charge in [0, 0.05) is 24.5 Å². The van der Waals surface area contributed by atoms with E-state index < -0.39 is 28.5 Å². The fraction of sp³-hybridized carbons (Fsp3) is 0.235. The van der Waals surface area contributed by atoms with E-state index in [1.54, 1.807) is 36.4 Å². The van der Waals surface area contributed by atoms with Crippen LogP contribution in [0.15, 0.2) is 108 Å². The fourth-order valence-corrected chi connectivity index (χ4v) is 6.25. The van der Waals surface area contributed by atoms with E-state index in [1.807, 2.05) is 75.4 Å². The average Bonchev–Trinajstić information content (AvgIpc) is 3.00. The highest BCUT2D eigenvalue weighted by atomic mass is 35.5. The molecule has 0 fully saturated rings. The minimum atomic E-state index is -4.16. The second-order valence-electron chi connectivity index (χ2n) is 10.4. The van der Waals surface area contributed by atoms with Crippen LogP contribution in [0.3, 0.4) is 0 Å². The molecule has 0 bridgehead atoms. The number of sulfonamides is 1. The lowest BCUT2D eigenvalue weighted by Crippen LogP contribution is -2.53. The van der Waals surface area contributed by atoms with Crippen molar-refractivity contribution in [3.8, 4) is 0 Å². The molecular weight excluding hydrogens is 582 g/mol. The summed E-state index contributed by atoms with van der Waals surface area (Å²) in [6.45, 7) is 5.64. The topological polar surface area (TPSA) is 86.8 Å². The number of hydrogen-bond acceptors (Lipinski definition) is 4. The minimum Gasteiger partial charge on any atom is -0.355 e. The number of hydrogen-bond donors (Lipinski definition) is 1. The maximum Gasteiger partial charge on any atom is 0.264 e. The molecule has 0 aliphatic rings. The van der Waals surface area contributed by atoms with Crippen molar-refractivity contribution in [3.63, 3.8) is 0 Å². The molecule has 0 spiro atoms. The molecule has 1 N–H and O–H groups in total. The summed E-state index contributed by atoms with van der Waals surface area (Å²) in [5.74, 6) is -0.829. The van der Waals surface area contributed by atoms with Crippen LogP contribution < -0.4 is 9.62 Å². The highest BCUT2D eigenvalue weighted by Crippen LogP contribution is 2.26. The van der Waals surface area contributed by atoms with Gasteiger partial charge in [0.1, 0.15) is 12.6 Å². The molecule has 1 unspecified atom stereocenters. The quantitative estimate of drug-likeness (QED) is 0.214. The predicted octanol–water partition coefficient (Wildman–Crippen LogP) is 5.93. The Bertz CT molecular complexity index is 1630. The number of nitrogens with zero attached hydrogens (tertiary/aromatic N) is 2. The second kappa shape index (κ2) is 14.4. The van der Waals surface area contributed by atoms with Crippen LogP contribution in [-0.2, 0) is 32.6 Å². The largest absolute Gasteiger partial charge is 0.355 e. The van der Waals surface area contributed by atoms with E-state index >= 15 is 0 Å². The molecule has 0 heterocycles. The van der Waals surface area contributed by atoms with Crippen LogP contribution in [-0.4, -0.2) is 44.3 Å². The maximum absolute atomic E-state index is 14.4. The smallest absolute Gasteiger partial charge is 0.264 e. The molecule has 4 aromatic rings. The number of halogens is 1. The summed E-state index contributed by atoms with van der Waals surface area (Å²) in [4.78, 5) is 29.4. The molecular formula is C34H36ClN3O4S. The first-order valence-electron chi connectivity index (χ1n) is 14.1. The summed E-state index contributed by atoms with van der Waals surface area (Å²) in [6, 6.07) is 29.0. The number of amides is 2. The zero-order chi connectivity index (χ0) is 31.0. The summed E-state index contributed by atoms with van der Waals surface area (Å²) < 4.78 is 29.1. The van der Waals surface area contributed by atoms with Crippen LogP contribution in [0.25, 0.3) is 0 Å². The van der Waals surface area contributed by atoms with Gasteiger partial charge in [0.05, 0.1) is 10.6 Å². The van der Waals surface area contributed by atoms with Crippen LogP contribution in [0.1, 0.15) is 29.2 Å². The van der Waals surface area contributed by atoms with Gasteiger partial charge in [-0.3, -0.25) is 13.9 Å². The highest BCUT2D eigenvalue weighted by molar-refractivity contribution is 7.92. The Morgan fingerprint density at radius 1 is 0.791 bits per heavy atom. The lowest BCUT2D eigenvalue weighted by molar-refractivity contribution is -0.140. The molecule has 0 saturated carbocycles. The Kier molecular flexibility index (Phi) is 10.6. The van der Waals surface area contributed by atoms with Gasteiger partial charge in [-0.1, -0.05) is 89.5 Å². The Morgan fingerprint density at radius 3 is 1.95 bits per heavy atom. The van der Waals surface area contributed by atoms with E-state index in [0.717, 1.165) is 26.6 Å². The first-order chi connectivity index (χ1) is 20.6. The van der Waals surface area contributed by atoms with E-state index in [2.05, 4.69) is 5.32 Å². The summed E-state index contributed by atoms with van der Waals surface area (Å²) in [6.07, 6.45) is 0.260. The van der Waals surface area contributed by atoms with E-state index in [-0.39, 0.29) is 29.5 Å². The van der Waals surface area contributed by atoms with Gasteiger partial charge in [0.25, 0.3) is 10.0 Å². The van der Waals surface area contributed by atoms with Crippen molar-refractivity contribution in [1.82, 2.24) is 10.2 Å². The molecule has 0 saturated heterocycles. The first kappa shape index (κ1) is 31.8. The SMILES string of the molecule is CCNC(=O)C(Cc1ccccc1)N(Cc1ccc(C)cc1)C(=O)CN(c1ccc(Cl)cc1)S(=O)(=O)c1ccc(C)cc1. The molecule has 4 aromatic carbocycles. The Morgan fingerprint density at radius 2 is 1.37 bits per heavy atom. The lowest BCUT2D eigenvalue weighted by atomic mass is 10.0. The van der Waals surface area contributed by atoms with E-state index in [0.29, 0.717) is 11.6 Å². The Labute approximate surface area is 259 Å². The third kappa shape index (κ3) is 8.24. The molecule has 224 valence electrons. The van der Waals surface area contributed by atoms with Crippen LogP contribution in [0, 0.1) is 13.8 Å². The van der Waals surface area contributed by atoms with E-state index in [1.165, 1.54) is 17.0 Å². The van der Waals surface area contributed by atoms with Gasteiger partial charge in [0.15, 0.2) is 0 Å². The van der Waals surface area contributed by atoms with Gasteiger partial charge in [-0.05, 0) is 68.3 Å². The Balaban J connectivity index is 1.78. The molecule has 7 nitrogen and oxygen atoms in total. The van der Waals surface area contributed by atoms with Crippen LogP contribution in [0.2, 0.25) is 5.02 Å². The minimum absolute atomic E-state index is 0.0514. The number of carbonyl (C=O) groups excluding carboxylic acids is 2. The van der Waals surface area contributed by atoms with Gasteiger partial charge in [-0.25, -0.2) is 8.42 Å². The number of likely N-dealkylation sites (N-methyl/N-ethyl adjacent to an activating group) is 1. The van der Waals surface area contributed by atoms with Crippen molar-refractivity contribution in [1.29, 1.82) is 0 Å². The van der Waals surface area contributed by atoms with Crippen molar-refractivity contribution in [3.05, 3.63) is 130 Å². The van der Waals surface area contributed by atoms with Crippen molar-refractivity contribution in [2.24, 2.45) is 0 Å². The second-order valence-corrected chi connectivity index (χ2v) is 12.7. The molecule has 0 aliphatic carbocycles. The van der Waals surface area contributed by atoms with Gasteiger partial charge in [0.2, 0.25) is 11.8 Å². The lowest BCUT2D eigenvalue weighted by Gasteiger charge is -2.34. The summed E-state index contributed by atoms with van der Waals surface area (Å²) in [5, 5.41) is 3.30. The zero-order valence-corrected chi connectivity index (χ0v) is 26.1. The van der Waals surface area contributed by atoms with Gasteiger partial charge in [-0.2, -0.15) is 0 Å². The third-order valence-electron chi connectivity index (χ3n) is 7.10. The molecule has 0 aliphatic heterocycles. The van der Waals surface area contributed by atoms with Crippen LogP contribution in [0.5, 0.6) is 0 Å². The van der Waals surface area contributed by atoms with Crippen molar-refractivity contribution >= 4 is 39.1 Å². The van der Waals surface area contributed by atoms with E-state index in [9.17, 15) is 18.0 Å². The number of carbonyl (C=O) groups is 2. The van der Waals surface area contributed by atoms with Gasteiger partial charge >= 0.3 is 0 Å². The average molecular weight is 618 g/mol. The maximum atomic E-state index is 14.4. The van der Waals surface area contributed by atoms with Crippen LogP contribution >= 0.6 is 11.6 Å². The first-order valence-corrected chi connectivity index (χ1v) is 15.9. The molecule has 0 aromatic heterocycles. The van der Waals surface area contributed by atoms with Crippen molar-refractivity contribution in [2.45, 2.75) is 44.7 Å². The Hall–Kier alpha value is -4.14. The monoisotopic (exact) mass is 617 g/mol. The molecule has 43 heavy (non-hydrogen) atoms. The van der Waals surface area contributed by atoms with Gasteiger partial charge in [-0.15, -0.1) is 0 Å². The fourth-order valence-electron chi connectivity index (χ4n) is 4.71. The van der Waals surface area contributed by atoms with Crippen LogP contribution in [0.4, 0.5) is 5.69 Å². The third-order valence-corrected chi connectivity index (χ3v) is 9.14. The summed E-state index contributed by atoms with van der Waals surface area (Å²) in [5.41, 5.74) is 3.95. The van der Waals surface area contributed by atoms with Crippen molar-refractivity contribution < 1.29 is 18.0 Å². The van der Waals surface area contributed by atoms with E-state index in [4.69, 9.17) is 11.6 Å². The predicted molar refractivity (Wildman–Crippen MR) is 172 cm³/mol. The molecule has 1 atom stereocenters. The summed E-state index contributed by atoms with van der Waals surface area (Å²) in [7, 11) is -4.16. The number of aryl methyl sites for hydroxylation is 2. The number of nitrogens with one attached hydrogen (secondary N) is 1. The molecule has 9 heteroatoms. The normalized spacial score (nSPS) is 11.9.